The van der Waals surface area contributed by atoms with Gasteiger partial charge in [0.25, 0.3) is 5.91 Å². The number of rotatable bonds is 6. The average molecular weight is 307 g/mol. The first-order valence-electron chi connectivity index (χ1n) is 7.24. The molecule has 21 heavy (non-hydrogen) atoms. The average Bonchev–Trinajstić information content (AvgIpc) is 2.50. The summed E-state index contributed by atoms with van der Waals surface area (Å²) in [5.41, 5.74) is 6.41. The molecule has 0 heterocycles. The van der Waals surface area contributed by atoms with Crippen LogP contribution in [0.4, 0.5) is 0 Å². The molecule has 0 aliphatic rings. The molecular formula is C17H23ClN2O. The largest absolute Gasteiger partial charge is 0.348 e. The molecule has 2 aromatic rings. The molecule has 1 unspecified atom stereocenters. The van der Waals surface area contributed by atoms with Crippen LogP contribution in [0.2, 0.25) is 0 Å². The summed E-state index contributed by atoms with van der Waals surface area (Å²) in [7, 11) is 0. The smallest absolute Gasteiger partial charge is 0.251 e. The number of nitrogens with two attached hydrogens (primary N) is 1. The Balaban J connectivity index is 0.00000220. The van der Waals surface area contributed by atoms with Crippen molar-refractivity contribution in [1.29, 1.82) is 0 Å². The van der Waals surface area contributed by atoms with Crippen molar-refractivity contribution < 1.29 is 4.79 Å². The number of halogens is 1. The van der Waals surface area contributed by atoms with E-state index in [-0.39, 0.29) is 24.4 Å². The van der Waals surface area contributed by atoms with Crippen molar-refractivity contribution in [3.63, 3.8) is 0 Å². The summed E-state index contributed by atoms with van der Waals surface area (Å²) >= 11 is 0. The number of hydrogen-bond acceptors (Lipinski definition) is 2. The summed E-state index contributed by atoms with van der Waals surface area (Å²) in [6.45, 7) is 2.62. The highest BCUT2D eigenvalue weighted by molar-refractivity contribution is 5.98. The maximum Gasteiger partial charge on any atom is 0.251 e. The summed E-state index contributed by atoms with van der Waals surface area (Å²) in [4.78, 5) is 12.3. The number of nitrogens with one attached hydrogen (secondary N) is 1. The predicted molar refractivity (Wildman–Crippen MR) is 91.0 cm³/mol. The Hall–Kier alpha value is -1.58. The number of benzene rings is 2. The maximum absolute atomic E-state index is 12.3. The summed E-state index contributed by atoms with van der Waals surface area (Å²) in [6.07, 6.45) is 3.13. The molecule has 2 aromatic carbocycles. The van der Waals surface area contributed by atoms with Crippen LogP contribution in [0.5, 0.6) is 0 Å². The minimum atomic E-state index is -0.0395. The maximum atomic E-state index is 12.3. The van der Waals surface area contributed by atoms with Gasteiger partial charge in [-0.15, -0.1) is 12.4 Å². The van der Waals surface area contributed by atoms with Gasteiger partial charge in [-0.3, -0.25) is 4.79 Å². The van der Waals surface area contributed by atoms with E-state index in [9.17, 15) is 4.79 Å². The van der Waals surface area contributed by atoms with Crippen molar-refractivity contribution in [2.45, 2.75) is 32.2 Å². The second kappa shape index (κ2) is 8.65. The second-order valence-electron chi connectivity index (χ2n) is 5.11. The molecule has 0 aliphatic heterocycles. The molecule has 3 nitrogen and oxygen atoms in total. The normalized spacial score (nSPS) is 11.7. The minimum Gasteiger partial charge on any atom is -0.348 e. The first-order valence-corrected chi connectivity index (χ1v) is 7.24. The summed E-state index contributed by atoms with van der Waals surface area (Å²) < 4.78 is 0. The Morgan fingerprint density at radius 2 is 1.90 bits per heavy atom. The molecule has 0 fully saturated rings. The fourth-order valence-electron chi connectivity index (χ4n) is 2.30. The molecule has 0 saturated carbocycles. The Morgan fingerprint density at radius 1 is 1.19 bits per heavy atom. The first kappa shape index (κ1) is 17.5. The number of hydrogen-bond donors (Lipinski definition) is 2. The number of amides is 1. The van der Waals surface area contributed by atoms with Crippen molar-refractivity contribution in [2.75, 3.05) is 6.54 Å². The lowest BCUT2D eigenvalue weighted by Crippen LogP contribution is -2.40. The van der Waals surface area contributed by atoms with Gasteiger partial charge >= 0.3 is 0 Å². The molecule has 0 spiro atoms. The van der Waals surface area contributed by atoms with E-state index in [0.717, 1.165) is 30.0 Å². The van der Waals surface area contributed by atoms with Gasteiger partial charge in [0.15, 0.2) is 0 Å². The van der Waals surface area contributed by atoms with Crippen LogP contribution in [0.25, 0.3) is 10.8 Å². The minimum absolute atomic E-state index is 0. The molecule has 0 bridgehead atoms. The predicted octanol–water partition coefficient (Wildman–Crippen LogP) is 3.51. The van der Waals surface area contributed by atoms with E-state index in [4.69, 9.17) is 5.73 Å². The van der Waals surface area contributed by atoms with Crippen LogP contribution in [0.15, 0.2) is 42.5 Å². The third-order valence-electron chi connectivity index (χ3n) is 3.54. The SMILES string of the molecule is CCCCC(CN)NC(=O)c1ccc2ccccc2c1.Cl. The fourth-order valence-corrected chi connectivity index (χ4v) is 2.30. The van der Waals surface area contributed by atoms with Gasteiger partial charge in [0.2, 0.25) is 0 Å². The Morgan fingerprint density at radius 3 is 2.57 bits per heavy atom. The number of carbonyl (C=O) groups is 1. The van der Waals surface area contributed by atoms with Crippen LogP contribution in [0.1, 0.15) is 36.5 Å². The van der Waals surface area contributed by atoms with Gasteiger partial charge < -0.3 is 11.1 Å². The number of carbonyl (C=O) groups excluding carboxylic acids is 1. The topological polar surface area (TPSA) is 55.1 Å². The third kappa shape index (κ3) is 4.73. The van der Waals surface area contributed by atoms with Gasteiger partial charge in [0.1, 0.15) is 0 Å². The van der Waals surface area contributed by atoms with E-state index in [1.165, 1.54) is 0 Å². The molecule has 0 aromatic heterocycles. The summed E-state index contributed by atoms with van der Waals surface area (Å²) in [5, 5.41) is 5.24. The summed E-state index contributed by atoms with van der Waals surface area (Å²) in [6, 6.07) is 13.9. The lowest BCUT2D eigenvalue weighted by atomic mass is 10.1. The molecule has 0 radical (unpaired) electrons. The standard InChI is InChI=1S/C17H22N2O.ClH/c1-2-3-8-16(12-18)19-17(20)15-10-9-13-6-4-5-7-14(13)11-15;/h4-7,9-11,16H,2-3,8,12,18H2,1H3,(H,19,20);1H. The van der Waals surface area contributed by atoms with Crippen LogP contribution in [-0.4, -0.2) is 18.5 Å². The highest BCUT2D eigenvalue weighted by Gasteiger charge is 2.12. The van der Waals surface area contributed by atoms with Crippen molar-refractivity contribution in [2.24, 2.45) is 5.73 Å². The van der Waals surface area contributed by atoms with Crippen molar-refractivity contribution in [3.05, 3.63) is 48.0 Å². The summed E-state index contributed by atoms with van der Waals surface area (Å²) in [5.74, 6) is -0.0395. The molecule has 3 N–H and O–H groups in total. The molecule has 2 rings (SSSR count). The lowest BCUT2D eigenvalue weighted by molar-refractivity contribution is 0.0936. The Bertz CT molecular complexity index is 586. The van der Waals surface area contributed by atoms with Gasteiger partial charge in [0.05, 0.1) is 0 Å². The van der Waals surface area contributed by atoms with Gasteiger partial charge in [-0.1, -0.05) is 50.1 Å². The van der Waals surface area contributed by atoms with E-state index in [2.05, 4.69) is 12.2 Å². The Labute approximate surface area is 132 Å². The third-order valence-corrected chi connectivity index (χ3v) is 3.54. The highest BCUT2D eigenvalue weighted by atomic mass is 35.5. The zero-order valence-electron chi connectivity index (χ0n) is 12.3. The van der Waals surface area contributed by atoms with Gasteiger partial charge in [-0.05, 0) is 29.3 Å². The molecule has 0 aliphatic carbocycles. The zero-order valence-corrected chi connectivity index (χ0v) is 13.2. The van der Waals surface area contributed by atoms with E-state index < -0.39 is 0 Å². The van der Waals surface area contributed by atoms with E-state index in [1.54, 1.807) is 0 Å². The lowest BCUT2D eigenvalue weighted by Gasteiger charge is -2.16. The molecule has 114 valence electrons. The van der Waals surface area contributed by atoms with Gasteiger partial charge in [0, 0.05) is 18.2 Å². The van der Waals surface area contributed by atoms with Crippen molar-refractivity contribution in [1.82, 2.24) is 5.32 Å². The Kier molecular flexibility index (Phi) is 7.20. The van der Waals surface area contributed by atoms with E-state index >= 15 is 0 Å². The van der Waals surface area contributed by atoms with E-state index in [0.29, 0.717) is 12.1 Å². The van der Waals surface area contributed by atoms with Crippen molar-refractivity contribution in [3.8, 4) is 0 Å². The fraction of sp³-hybridized carbons (Fsp3) is 0.353. The quantitative estimate of drug-likeness (QED) is 0.858. The molecule has 4 heteroatoms. The van der Waals surface area contributed by atoms with E-state index in [1.807, 2.05) is 42.5 Å². The molecule has 1 amide bonds. The molecule has 0 saturated heterocycles. The van der Waals surface area contributed by atoms with Crippen molar-refractivity contribution >= 4 is 29.1 Å². The monoisotopic (exact) mass is 306 g/mol. The molecular weight excluding hydrogens is 284 g/mol. The van der Waals surface area contributed by atoms with Crippen LogP contribution >= 0.6 is 12.4 Å². The number of unbranched alkanes of at least 4 members (excludes halogenated alkanes) is 1. The van der Waals surface area contributed by atoms with Gasteiger partial charge in [-0.25, -0.2) is 0 Å². The number of fused-ring (bicyclic) bond motifs is 1. The first-order chi connectivity index (χ1) is 9.74. The highest BCUT2D eigenvalue weighted by Crippen LogP contribution is 2.15. The van der Waals surface area contributed by atoms with Crippen LogP contribution < -0.4 is 11.1 Å². The van der Waals surface area contributed by atoms with Crippen LogP contribution in [0.3, 0.4) is 0 Å². The van der Waals surface area contributed by atoms with Crippen LogP contribution in [0, 0.1) is 0 Å². The second-order valence-corrected chi connectivity index (χ2v) is 5.11. The van der Waals surface area contributed by atoms with Gasteiger partial charge in [-0.2, -0.15) is 0 Å². The molecule has 1 atom stereocenters. The van der Waals surface area contributed by atoms with Crippen LogP contribution in [-0.2, 0) is 0 Å². The zero-order chi connectivity index (χ0) is 14.4.